The molecule has 0 radical (unpaired) electrons. The minimum absolute atomic E-state index is 0.106. The molecule has 6 heteroatoms. The first-order valence-corrected chi connectivity index (χ1v) is 14.5. The Kier molecular flexibility index (Phi) is 8.08. The first-order chi connectivity index (χ1) is 10.2. The molecule has 0 aromatic carbocycles. The van der Waals surface area contributed by atoms with E-state index in [1.807, 2.05) is 0 Å². The van der Waals surface area contributed by atoms with Crippen LogP contribution in [0.25, 0.3) is 0 Å². The van der Waals surface area contributed by atoms with E-state index < -0.39 is 12.4 Å². The Morgan fingerprint density at radius 1 is 0.500 bits per heavy atom. The van der Waals surface area contributed by atoms with Gasteiger partial charge in [0.25, 0.3) is 0 Å². The fourth-order valence-corrected chi connectivity index (χ4v) is 10.7. The largest absolute Gasteiger partial charge is 0.286 e. The second-order valence-corrected chi connectivity index (χ2v) is 22.4. The highest BCUT2D eigenvalue weighted by atomic mass is 32.4. The zero-order valence-corrected chi connectivity index (χ0v) is 21.5. The lowest BCUT2D eigenvalue weighted by Crippen LogP contribution is -2.41. The summed E-state index contributed by atoms with van der Waals surface area (Å²) in [7, 11) is 0. The molecule has 0 spiro atoms. The van der Waals surface area contributed by atoms with Gasteiger partial charge in [0.1, 0.15) is 0 Å². The first-order valence-electron chi connectivity index (χ1n) is 8.91. The molecule has 0 aromatic heterocycles. The third kappa shape index (κ3) is 5.37. The normalized spacial score (nSPS) is 15.7. The van der Waals surface area contributed by atoms with Gasteiger partial charge in [-0.2, -0.15) is 0 Å². The maximum absolute atomic E-state index is 6.19. The Hall–Kier alpha value is 1.22. The van der Waals surface area contributed by atoms with Crippen molar-refractivity contribution in [2.24, 2.45) is 0 Å². The van der Waals surface area contributed by atoms with Crippen LogP contribution in [0.5, 0.6) is 0 Å². The summed E-state index contributed by atoms with van der Waals surface area (Å²) in [6, 6.07) is 0. The molecule has 146 valence electrons. The Balaban J connectivity index is 5.18. The van der Waals surface area contributed by atoms with Gasteiger partial charge in [0.05, 0.1) is 0 Å². The molecular formula is C18H42N2P2S2. The van der Waals surface area contributed by atoms with Gasteiger partial charge in [-0.1, -0.05) is 107 Å². The van der Waals surface area contributed by atoms with Crippen LogP contribution in [0.15, 0.2) is 0 Å². The molecule has 0 aliphatic carbocycles. The van der Waals surface area contributed by atoms with E-state index in [1.54, 1.807) is 0 Å². The van der Waals surface area contributed by atoms with E-state index in [0.29, 0.717) is 0 Å². The van der Waals surface area contributed by atoms with E-state index >= 15 is 0 Å². The molecule has 0 bridgehead atoms. The van der Waals surface area contributed by atoms with Crippen LogP contribution in [-0.4, -0.2) is 33.7 Å². The monoisotopic (exact) mass is 412 g/mol. The fraction of sp³-hybridized carbons (Fsp3) is 1.00. The first kappa shape index (κ1) is 25.2. The second kappa shape index (κ2) is 7.69. The smallest absolute Gasteiger partial charge is 0.0227 e. The number of hydrogen-bond acceptors (Lipinski definition) is 2. The summed E-state index contributed by atoms with van der Waals surface area (Å²) < 4.78 is 0. The average Bonchev–Trinajstić information content (AvgIpc) is 2.28. The van der Waals surface area contributed by atoms with E-state index in [2.05, 4.69) is 93.3 Å². The van der Waals surface area contributed by atoms with Crippen LogP contribution in [0, 0.1) is 0 Å². The van der Waals surface area contributed by atoms with Gasteiger partial charge in [-0.25, -0.2) is 0 Å². The van der Waals surface area contributed by atoms with E-state index in [1.165, 1.54) is 0 Å². The molecule has 0 aromatic rings. The average molecular weight is 413 g/mol. The van der Waals surface area contributed by atoms with Crippen molar-refractivity contribution < 1.29 is 0 Å². The molecule has 0 saturated carbocycles. The molecular weight excluding hydrogens is 370 g/mol. The SMILES string of the molecule is CC(C)(C)P(=S)(NCCNP(=S)(C(C)(C)C)C(C)(C)C)C(C)(C)C. The molecule has 0 rings (SSSR count). The van der Waals surface area contributed by atoms with Crippen molar-refractivity contribution in [2.75, 3.05) is 13.1 Å². The quantitative estimate of drug-likeness (QED) is 0.418. The van der Waals surface area contributed by atoms with Crippen molar-refractivity contribution in [1.29, 1.82) is 0 Å². The molecule has 24 heavy (non-hydrogen) atoms. The Bertz CT molecular complexity index is 431. The molecule has 0 fully saturated rings. The van der Waals surface area contributed by atoms with E-state index in [9.17, 15) is 0 Å². The van der Waals surface area contributed by atoms with Crippen molar-refractivity contribution in [1.82, 2.24) is 10.2 Å². The van der Waals surface area contributed by atoms with Crippen molar-refractivity contribution in [3.63, 3.8) is 0 Å². The summed E-state index contributed by atoms with van der Waals surface area (Å²) in [5.41, 5.74) is 0. The predicted molar refractivity (Wildman–Crippen MR) is 124 cm³/mol. The van der Waals surface area contributed by atoms with Crippen LogP contribution in [0.4, 0.5) is 0 Å². The summed E-state index contributed by atoms with van der Waals surface area (Å²) in [6.07, 6.45) is -3.46. The van der Waals surface area contributed by atoms with Gasteiger partial charge in [0, 0.05) is 46.1 Å². The van der Waals surface area contributed by atoms with Crippen LogP contribution >= 0.6 is 12.4 Å². The van der Waals surface area contributed by atoms with Crippen molar-refractivity contribution in [2.45, 2.75) is 104 Å². The zero-order chi connectivity index (χ0) is 19.8. The standard InChI is InChI=1S/C18H42N2P2S2/c1-15(2,3)21(23,16(4,5)6)19-13-14-20-22(24,17(7,8)9)18(10,11)12/h13-14H2,1-12H3,(H,19,23)(H,20,24). The Morgan fingerprint density at radius 2 is 0.667 bits per heavy atom. The topological polar surface area (TPSA) is 24.1 Å². The molecule has 0 atom stereocenters. The molecule has 0 aliphatic rings. The third-order valence-corrected chi connectivity index (χ3v) is 20.8. The molecule has 2 nitrogen and oxygen atoms in total. The fourth-order valence-electron chi connectivity index (χ4n) is 3.39. The minimum atomic E-state index is -1.73. The van der Waals surface area contributed by atoms with Crippen molar-refractivity contribution in [3.05, 3.63) is 0 Å². The molecule has 0 heterocycles. The molecule has 0 saturated heterocycles. The van der Waals surface area contributed by atoms with Crippen LogP contribution in [0.3, 0.4) is 0 Å². The number of hydrogen-bond donors (Lipinski definition) is 2. The lowest BCUT2D eigenvalue weighted by Gasteiger charge is -2.47. The predicted octanol–water partition coefficient (Wildman–Crippen LogP) is 6.15. The van der Waals surface area contributed by atoms with E-state index in [0.717, 1.165) is 13.1 Å². The van der Waals surface area contributed by atoms with Gasteiger partial charge >= 0.3 is 0 Å². The number of nitrogens with one attached hydrogen (secondary N) is 2. The summed E-state index contributed by atoms with van der Waals surface area (Å²) in [5.74, 6) is 0. The second-order valence-electron chi connectivity index (χ2n) is 10.7. The highest BCUT2D eigenvalue weighted by Crippen LogP contribution is 2.65. The summed E-state index contributed by atoms with van der Waals surface area (Å²) in [4.78, 5) is 0. The molecule has 0 aliphatic heterocycles. The number of rotatable bonds is 5. The molecule has 2 N–H and O–H groups in total. The van der Waals surface area contributed by atoms with Crippen LogP contribution in [0.2, 0.25) is 0 Å². The zero-order valence-electron chi connectivity index (χ0n) is 18.1. The summed E-state index contributed by atoms with van der Waals surface area (Å²) >= 11 is 12.4. The van der Waals surface area contributed by atoms with Gasteiger partial charge < -0.3 is 0 Å². The highest BCUT2D eigenvalue weighted by Gasteiger charge is 2.43. The molecule has 0 amide bonds. The van der Waals surface area contributed by atoms with Gasteiger partial charge in [-0.3, -0.25) is 10.2 Å². The van der Waals surface area contributed by atoms with Crippen LogP contribution < -0.4 is 10.2 Å². The van der Waals surface area contributed by atoms with Gasteiger partial charge in [0.15, 0.2) is 0 Å². The Morgan fingerprint density at radius 3 is 0.792 bits per heavy atom. The van der Waals surface area contributed by atoms with Gasteiger partial charge in [-0.15, -0.1) is 0 Å². The van der Waals surface area contributed by atoms with E-state index in [-0.39, 0.29) is 20.6 Å². The van der Waals surface area contributed by atoms with Crippen LogP contribution in [-0.2, 0) is 23.6 Å². The summed E-state index contributed by atoms with van der Waals surface area (Å²) in [6.45, 7) is 29.0. The Labute approximate surface area is 162 Å². The highest BCUT2D eigenvalue weighted by molar-refractivity contribution is 8.15. The van der Waals surface area contributed by atoms with E-state index in [4.69, 9.17) is 23.6 Å². The maximum Gasteiger partial charge on any atom is 0.0227 e. The van der Waals surface area contributed by atoms with Gasteiger partial charge in [0.2, 0.25) is 0 Å². The lowest BCUT2D eigenvalue weighted by atomic mass is 10.2. The third-order valence-electron chi connectivity index (χ3n) is 4.57. The minimum Gasteiger partial charge on any atom is -0.286 e. The maximum atomic E-state index is 6.19. The summed E-state index contributed by atoms with van der Waals surface area (Å²) in [5, 5.41) is 8.00. The van der Waals surface area contributed by atoms with Crippen molar-refractivity contribution >= 4 is 36.0 Å². The molecule has 0 unspecified atom stereocenters. The van der Waals surface area contributed by atoms with Gasteiger partial charge in [-0.05, 0) is 0 Å². The lowest BCUT2D eigenvalue weighted by molar-refractivity contribution is 0.661. The van der Waals surface area contributed by atoms with Crippen LogP contribution in [0.1, 0.15) is 83.1 Å². The van der Waals surface area contributed by atoms with Crippen molar-refractivity contribution in [3.8, 4) is 0 Å².